The Bertz CT molecular complexity index is 511. The Morgan fingerprint density at radius 3 is 2.47 bits per heavy atom. The number of hydrogen-bond donors (Lipinski definition) is 0. The first-order valence-corrected chi connectivity index (χ1v) is 5.76. The monoisotopic (exact) mass is 271 g/mol. The molecule has 0 bridgehead atoms. The summed E-state index contributed by atoms with van der Waals surface area (Å²) < 4.78 is 5.21. The molecule has 0 spiro atoms. The zero-order valence-electron chi connectivity index (χ0n) is 9.46. The van der Waals surface area contributed by atoms with E-state index in [1.807, 2.05) is 0 Å². The van der Waals surface area contributed by atoms with Crippen molar-refractivity contribution in [3.05, 3.63) is 40.5 Å². The van der Waals surface area contributed by atoms with Gasteiger partial charge in [-0.25, -0.2) is 9.69 Å². The maximum absolute atomic E-state index is 11.8. The fraction of sp³-hybridized carbons (Fsp3) is 0.250. The zero-order valence-corrected chi connectivity index (χ0v) is 11.0. The molecule has 1 heterocycles. The molecule has 90 valence electrons. The largest absolute Gasteiger partial charge is 0.436 e. The highest BCUT2D eigenvalue weighted by molar-refractivity contribution is 6.36. The summed E-state index contributed by atoms with van der Waals surface area (Å²) in [4.78, 5) is 13.1. The zero-order chi connectivity index (χ0) is 12.8. The summed E-state index contributed by atoms with van der Waals surface area (Å²) in [6.07, 6.45) is -0.482. The minimum Gasteiger partial charge on any atom is -0.436 e. The van der Waals surface area contributed by atoms with Crippen LogP contribution in [0, 0.1) is 0 Å². The van der Waals surface area contributed by atoms with E-state index in [0.717, 1.165) is 0 Å². The molecule has 1 amide bonds. The molecule has 0 atom stereocenters. The second-order valence-electron chi connectivity index (χ2n) is 4.26. The summed E-state index contributed by atoms with van der Waals surface area (Å²) in [5.74, 6) is 0. The van der Waals surface area contributed by atoms with Crippen LogP contribution >= 0.6 is 23.2 Å². The van der Waals surface area contributed by atoms with Crippen LogP contribution in [0.5, 0.6) is 0 Å². The van der Waals surface area contributed by atoms with E-state index in [4.69, 9.17) is 27.9 Å². The molecule has 1 aromatic carbocycles. The van der Waals surface area contributed by atoms with Crippen molar-refractivity contribution in [1.82, 2.24) is 0 Å². The topological polar surface area (TPSA) is 29.5 Å². The van der Waals surface area contributed by atoms with E-state index in [1.54, 1.807) is 32.0 Å². The smallest absolute Gasteiger partial charge is 0.419 e. The van der Waals surface area contributed by atoms with Crippen LogP contribution in [-0.2, 0) is 4.74 Å². The Hall–Kier alpha value is -1.19. The van der Waals surface area contributed by atoms with Gasteiger partial charge in [0.05, 0.1) is 16.4 Å². The molecule has 0 aliphatic carbocycles. The van der Waals surface area contributed by atoms with Crippen molar-refractivity contribution in [3.63, 3.8) is 0 Å². The van der Waals surface area contributed by atoms with Gasteiger partial charge in [0.15, 0.2) is 0 Å². The summed E-state index contributed by atoms with van der Waals surface area (Å²) >= 11 is 11.9. The maximum Gasteiger partial charge on any atom is 0.419 e. The third-order valence-corrected chi connectivity index (χ3v) is 3.18. The fourth-order valence-corrected chi connectivity index (χ4v) is 2.10. The summed E-state index contributed by atoms with van der Waals surface area (Å²) in [6.45, 7) is 7.42. The first-order valence-electron chi connectivity index (χ1n) is 5.00. The Morgan fingerprint density at radius 2 is 2.00 bits per heavy atom. The highest BCUT2D eigenvalue weighted by Crippen LogP contribution is 2.39. The minimum absolute atomic E-state index is 0.383. The Balaban J connectivity index is 2.48. The molecule has 17 heavy (non-hydrogen) atoms. The molecule has 3 nitrogen and oxygen atoms in total. The lowest BCUT2D eigenvalue weighted by atomic mass is 10.1. The lowest BCUT2D eigenvalue weighted by Crippen LogP contribution is -2.25. The molecular weight excluding hydrogens is 261 g/mol. The standard InChI is InChI=1S/C12H11Cl2NO2/c1-7-12(2,3)17-11(16)15(7)10-5-4-8(13)6-9(10)14/h4-6H,1H2,2-3H3. The van der Waals surface area contributed by atoms with Crippen LogP contribution in [0.3, 0.4) is 0 Å². The van der Waals surface area contributed by atoms with Gasteiger partial charge in [-0.15, -0.1) is 0 Å². The molecule has 0 unspecified atom stereocenters. The van der Waals surface area contributed by atoms with Gasteiger partial charge in [0.25, 0.3) is 0 Å². The van der Waals surface area contributed by atoms with Gasteiger partial charge < -0.3 is 4.74 Å². The highest BCUT2D eigenvalue weighted by Gasteiger charge is 2.43. The van der Waals surface area contributed by atoms with E-state index >= 15 is 0 Å². The van der Waals surface area contributed by atoms with Gasteiger partial charge in [0, 0.05) is 5.02 Å². The number of amides is 1. The second kappa shape index (κ2) is 3.93. The van der Waals surface area contributed by atoms with Gasteiger partial charge in [-0.05, 0) is 32.0 Å². The van der Waals surface area contributed by atoms with E-state index in [0.29, 0.717) is 21.4 Å². The van der Waals surface area contributed by atoms with Crippen LogP contribution in [0.4, 0.5) is 10.5 Å². The molecule has 0 radical (unpaired) electrons. The molecule has 1 fully saturated rings. The number of rotatable bonds is 1. The molecule has 1 aliphatic heterocycles. The molecule has 0 saturated carbocycles. The fourth-order valence-electron chi connectivity index (χ4n) is 1.61. The minimum atomic E-state index is -0.722. The normalized spacial score (nSPS) is 18.5. The van der Waals surface area contributed by atoms with Crippen molar-refractivity contribution in [2.45, 2.75) is 19.4 Å². The predicted molar refractivity (Wildman–Crippen MR) is 68.6 cm³/mol. The quantitative estimate of drug-likeness (QED) is 0.765. The van der Waals surface area contributed by atoms with Gasteiger partial charge in [-0.2, -0.15) is 0 Å². The van der Waals surface area contributed by atoms with E-state index in [2.05, 4.69) is 6.58 Å². The Kier molecular flexibility index (Phi) is 2.84. The number of carbonyl (C=O) groups excluding carboxylic acids is 1. The maximum atomic E-state index is 11.8. The van der Waals surface area contributed by atoms with Crippen molar-refractivity contribution >= 4 is 35.0 Å². The second-order valence-corrected chi connectivity index (χ2v) is 5.10. The summed E-state index contributed by atoms with van der Waals surface area (Å²) in [5.41, 5.74) is 0.350. The molecule has 0 aromatic heterocycles. The van der Waals surface area contributed by atoms with Crippen molar-refractivity contribution in [3.8, 4) is 0 Å². The molecule has 1 aliphatic rings. The van der Waals surface area contributed by atoms with Gasteiger partial charge >= 0.3 is 6.09 Å². The van der Waals surface area contributed by atoms with Gasteiger partial charge in [0.1, 0.15) is 5.60 Å². The Labute approximate surface area is 110 Å². The number of ether oxygens (including phenoxy) is 1. The van der Waals surface area contributed by atoms with E-state index in [-0.39, 0.29) is 0 Å². The molecule has 1 aromatic rings. The van der Waals surface area contributed by atoms with Crippen LogP contribution in [0.15, 0.2) is 30.5 Å². The molecule has 1 saturated heterocycles. The van der Waals surface area contributed by atoms with Crippen molar-refractivity contribution in [2.75, 3.05) is 4.90 Å². The highest BCUT2D eigenvalue weighted by atomic mass is 35.5. The van der Waals surface area contributed by atoms with Crippen molar-refractivity contribution < 1.29 is 9.53 Å². The van der Waals surface area contributed by atoms with Crippen LogP contribution in [0.1, 0.15) is 13.8 Å². The van der Waals surface area contributed by atoms with Gasteiger partial charge in [-0.3, -0.25) is 0 Å². The van der Waals surface area contributed by atoms with Crippen LogP contribution in [-0.4, -0.2) is 11.7 Å². The first-order chi connectivity index (χ1) is 7.83. The molecule has 2 rings (SSSR count). The molecule has 5 heteroatoms. The number of hydrogen-bond acceptors (Lipinski definition) is 2. The number of carbonyl (C=O) groups is 1. The first kappa shape index (κ1) is 12.3. The summed E-state index contributed by atoms with van der Waals surface area (Å²) in [7, 11) is 0. The van der Waals surface area contributed by atoms with Crippen LogP contribution in [0.25, 0.3) is 0 Å². The molecular formula is C12H11Cl2NO2. The Morgan fingerprint density at radius 1 is 1.35 bits per heavy atom. The van der Waals surface area contributed by atoms with Crippen molar-refractivity contribution in [2.24, 2.45) is 0 Å². The van der Waals surface area contributed by atoms with Crippen LogP contribution < -0.4 is 4.90 Å². The van der Waals surface area contributed by atoms with Gasteiger partial charge in [-0.1, -0.05) is 29.8 Å². The summed E-state index contributed by atoms with van der Waals surface area (Å²) in [6, 6.07) is 4.90. The third kappa shape index (κ3) is 2.01. The number of nitrogens with zero attached hydrogens (tertiary/aromatic N) is 1. The predicted octanol–water partition coefficient (Wildman–Crippen LogP) is 4.24. The van der Waals surface area contributed by atoms with E-state index < -0.39 is 11.7 Å². The van der Waals surface area contributed by atoms with Crippen LogP contribution in [0.2, 0.25) is 10.0 Å². The number of anilines is 1. The lowest BCUT2D eigenvalue weighted by molar-refractivity contribution is 0.0987. The average molecular weight is 272 g/mol. The molecule has 0 N–H and O–H groups in total. The summed E-state index contributed by atoms with van der Waals surface area (Å²) in [5, 5.41) is 0.893. The van der Waals surface area contributed by atoms with Gasteiger partial charge in [0.2, 0.25) is 0 Å². The lowest BCUT2D eigenvalue weighted by Gasteiger charge is -2.20. The number of benzene rings is 1. The number of cyclic esters (lactones) is 1. The van der Waals surface area contributed by atoms with Crippen molar-refractivity contribution in [1.29, 1.82) is 0 Å². The third-order valence-electron chi connectivity index (χ3n) is 2.64. The number of halogens is 2. The average Bonchev–Trinajstić information content (AvgIpc) is 2.39. The van der Waals surface area contributed by atoms with E-state index in [9.17, 15) is 4.79 Å². The van der Waals surface area contributed by atoms with E-state index in [1.165, 1.54) is 4.90 Å². The SMILES string of the molecule is C=C1N(c2ccc(Cl)cc2Cl)C(=O)OC1(C)C.